The second-order valence-corrected chi connectivity index (χ2v) is 5.66. The number of carbonyl (C=O) groups is 1. The van der Waals surface area contributed by atoms with Gasteiger partial charge in [-0.25, -0.2) is 0 Å². The van der Waals surface area contributed by atoms with Crippen LogP contribution in [0.15, 0.2) is 18.2 Å². The van der Waals surface area contributed by atoms with Crippen molar-refractivity contribution in [2.75, 3.05) is 13.2 Å². The number of hydrogen-bond acceptors (Lipinski definition) is 3. The predicted molar refractivity (Wildman–Crippen MR) is 85.1 cm³/mol. The first kappa shape index (κ1) is 17.5. The molecule has 0 aliphatic carbocycles. The second-order valence-electron chi connectivity index (χ2n) is 5.66. The van der Waals surface area contributed by atoms with Gasteiger partial charge in [-0.2, -0.15) is 0 Å². The van der Waals surface area contributed by atoms with Crippen molar-refractivity contribution in [2.24, 2.45) is 0 Å². The third-order valence-corrected chi connectivity index (χ3v) is 3.50. The van der Waals surface area contributed by atoms with Crippen LogP contribution in [0.2, 0.25) is 0 Å². The van der Waals surface area contributed by atoms with E-state index in [2.05, 4.69) is 32.2 Å². The van der Waals surface area contributed by atoms with Gasteiger partial charge in [0.15, 0.2) is 0 Å². The minimum absolute atomic E-state index is 0.466. The van der Waals surface area contributed by atoms with Crippen molar-refractivity contribution in [1.29, 1.82) is 0 Å². The largest absolute Gasteiger partial charge is 0.492 e. The van der Waals surface area contributed by atoms with Gasteiger partial charge in [-0.05, 0) is 42.5 Å². The highest BCUT2D eigenvalue weighted by Gasteiger charge is 2.14. The maximum absolute atomic E-state index is 11.0. The molecule has 2 N–H and O–H groups in total. The summed E-state index contributed by atoms with van der Waals surface area (Å²) < 4.78 is 5.67. The van der Waals surface area contributed by atoms with Gasteiger partial charge in [0.25, 0.3) is 0 Å². The summed E-state index contributed by atoms with van der Waals surface area (Å²) in [5, 5.41) is 12.0. The Kier molecular flexibility index (Phi) is 7.23. The molecule has 1 aromatic carbocycles. The van der Waals surface area contributed by atoms with Crippen molar-refractivity contribution in [2.45, 2.75) is 52.5 Å². The molecule has 0 aliphatic rings. The van der Waals surface area contributed by atoms with Crippen molar-refractivity contribution in [1.82, 2.24) is 5.32 Å². The molecule has 0 aliphatic heterocycles. The van der Waals surface area contributed by atoms with E-state index in [1.54, 1.807) is 0 Å². The fourth-order valence-electron chi connectivity index (χ4n) is 2.39. The molecule has 0 amide bonds. The number of ether oxygens (including phenoxy) is 1. The van der Waals surface area contributed by atoms with Crippen LogP contribution in [0.3, 0.4) is 0 Å². The van der Waals surface area contributed by atoms with Gasteiger partial charge in [0.1, 0.15) is 18.4 Å². The molecule has 0 spiro atoms. The van der Waals surface area contributed by atoms with E-state index < -0.39 is 12.0 Å². The molecule has 1 rings (SSSR count). The van der Waals surface area contributed by atoms with E-state index in [1.807, 2.05) is 19.1 Å². The summed E-state index contributed by atoms with van der Waals surface area (Å²) in [7, 11) is 0. The van der Waals surface area contributed by atoms with Crippen LogP contribution in [0.25, 0.3) is 0 Å². The zero-order valence-electron chi connectivity index (χ0n) is 13.5. The van der Waals surface area contributed by atoms with E-state index in [1.165, 1.54) is 11.1 Å². The summed E-state index contributed by atoms with van der Waals surface area (Å²) in [6, 6.07) is 5.63. The quantitative estimate of drug-likeness (QED) is 0.686. The molecule has 4 heteroatoms. The smallest absolute Gasteiger partial charge is 0.320 e. The third-order valence-electron chi connectivity index (χ3n) is 3.50. The first-order valence-corrected chi connectivity index (χ1v) is 7.65. The lowest BCUT2D eigenvalue weighted by Crippen LogP contribution is -2.38. The zero-order chi connectivity index (χ0) is 15.8. The average molecular weight is 293 g/mol. The number of nitrogens with one attached hydrogen (secondary N) is 1. The van der Waals surface area contributed by atoms with Crippen LogP contribution in [0.4, 0.5) is 0 Å². The number of hydrogen-bond donors (Lipinski definition) is 2. The molecule has 1 unspecified atom stereocenters. The Bertz CT molecular complexity index is 457. The lowest BCUT2D eigenvalue weighted by Gasteiger charge is -2.15. The third kappa shape index (κ3) is 5.76. The maximum atomic E-state index is 11.0. The summed E-state index contributed by atoms with van der Waals surface area (Å²) in [4.78, 5) is 11.0. The molecule has 0 saturated carbocycles. The summed E-state index contributed by atoms with van der Waals surface area (Å²) in [5.41, 5.74) is 2.55. The Morgan fingerprint density at radius 3 is 2.62 bits per heavy atom. The molecule has 0 radical (unpaired) electrons. The maximum Gasteiger partial charge on any atom is 0.320 e. The fourth-order valence-corrected chi connectivity index (χ4v) is 2.39. The monoisotopic (exact) mass is 293 g/mol. The summed E-state index contributed by atoms with van der Waals surface area (Å²) in [5.74, 6) is 0.543. The van der Waals surface area contributed by atoms with Gasteiger partial charge in [0.2, 0.25) is 0 Å². The van der Waals surface area contributed by atoms with E-state index in [9.17, 15) is 4.79 Å². The molecule has 1 atom stereocenters. The van der Waals surface area contributed by atoms with Crippen LogP contribution in [0.5, 0.6) is 5.75 Å². The molecule has 0 saturated heterocycles. The summed E-state index contributed by atoms with van der Waals surface area (Å²) in [6.45, 7) is 9.41. The van der Waals surface area contributed by atoms with Crippen LogP contribution in [0.1, 0.15) is 50.7 Å². The van der Waals surface area contributed by atoms with Crippen molar-refractivity contribution in [3.63, 3.8) is 0 Å². The number of benzene rings is 1. The molecular formula is C17H27NO3. The molecule has 21 heavy (non-hydrogen) atoms. The van der Waals surface area contributed by atoms with Crippen LogP contribution in [-0.4, -0.2) is 30.3 Å². The minimum atomic E-state index is -0.797. The molecule has 118 valence electrons. The Hall–Kier alpha value is -1.55. The first-order chi connectivity index (χ1) is 9.95. The second kappa shape index (κ2) is 8.67. The van der Waals surface area contributed by atoms with Gasteiger partial charge in [-0.3, -0.25) is 4.79 Å². The number of aliphatic carboxylic acids is 1. The van der Waals surface area contributed by atoms with Crippen molar-refractivity contribution >= 4 is 5.97 Å². The average Bonchev–Trinajstić information content (AvgIpc) is 2.41. The number of aryl methyl sites for hydroxylation is 1. The standard InChI is InChI=1S/C17H27NO3/c1-5-6-16(17(19)20)18-9-10-21-14-7-8-15(12(2)3)13(4)11-14/h7-8,11-12,16,18H,5-6,9-10H2,1-4H3,(H,19,20). The molecule has 0 heterocycles. The Morgan fingerprint density at radius 2 is 2.10 bits per heavy atom. The predicted octanol–water partition coefficient (Wildman–Crippen LogP) is 3.34. The molecule has 0 fully saturated rings. The highest BCUT2D eigenvalue weighted by molar-refractivity contribution is 5.73. The van der Waals surface area contributed by atoms with Gasteiger partial charge < -0.3 is 15.2 Å². The Morgan fingerprint density at radius 1 is 1.38 bits per heavy atom. The zero-order valence-corrected chi connectivity index (χ0v) is 13.5. The van der Waals surface area contributed by atoms with Gasteiger partial charge in [-0.1, -0.05) is 33.3 Å². The van der Waals surface area contributed by atoms with Gasteiger partial charge in [-0.15, -0.1) is 0 Å². The Balaban J connectivity index is 2.42. The summed E-state index contributed by atoms with van der Waals surface area (Å²) >= 11 is 0. The van der Waals surface area contributed by atoms with Crippen molar-refractivity contribution < 1.29 is 14.6 Å². The lowest BCUT2D eigenvalue weighted by atomic mass is 9.98. The van der Waals surface area contributed by atoms with Gasteiger partial charge in [0.05, 0.1) is 0 Å². The Labute approximate surface area is 127 Å². The highest BCUT2D eigenvalue weighted by Crippen LogP contribution is 2.23. The molecule has 1 aromatic rings. The van der Waals surface area contributed by atoms with Crippen molar-refractivity contribution in [3.05, 3.63) is 29.3 Å². The molecule has 0 bridgehead atoms. The van der Waals surface area contributed by atoms with E-state index in [0.717, 1.165) is 12.2 Å². The van der Waals surface area contributed by atoms with Crippen molar-refractivity contribution in [3.8, 4) is 5.75 Å². The van der Waals surface area contributed by atoms with E-state index >= 15 is 0 Å². The summed E-state index contributed by atoms with van der Waals surface area (Å²) in [6.07, 6.45) is 1.48. The van der Waals surface area contributed by atoms with Crippen LogP contribution in [0, 0.1) is 6.92 Å². The van der Waals surface area contributed by atoms with Crippen LogP contribution < -0.4 is 10.1 Å². The molecule has 0 aromatic heterocycles. The lowest BCUT2D eigenvalue weighted by molar-refractivity contribution is -0.139. The molecule has 4 nitrogen and oxygen atoms in total. The van der Waals surface area contributed by atoms with E-state index in [0.29, 0.717) is 25.5 Å². The topological polar surface area (TPSA) is 58.6 Å². The van der Waals surface area contributed by atoms with Gasteiger partial charge >= 0.3 is 5.97 Å². The highest BCUT2D eigenvalue weighted by atomic mass is 16.5. The van der Waals surface area contributed by atoms with E-state index in [4.69, 9.17) is 9.84 Å². The fraction of sp³-hybridized carbons (Fsp3) is 0.588. The number of rotatable bonds is 9. The van der Waals surface area contributed by atoms with Crippen LogP contribution in [-0.2, 0) is 4.79 Å². The molecular weight excluding hydrogens is 266 g/mol. The minimum Gasteiger partial charge on any atom is -0.492 e. The first-order valence-electron chi connectivity index (χ1n) is 7.65. The van der Waals surface area contributed by atoms with Gasteiger partial charge in [0, 0.05) is 6.54 Å². The number of carboxylic acid groups (broad SMARTS) is 1. The normalized spacial score (nSPS) is 12.4. The van der Waals surface area contributed by atoms with Crippen LogP contribution >= 0.6 is 0 Å². The number of carboxylic acids is 1. The SMILES string of the molecule is CCCC(NCCOc1ccc(C(C)C)c(C)c1)C(=O)O. The van der Waals surface area contributed by atoms with E-state index in [-0.39, 0.29) is 0 Å².